The molecule has 18 heavy (non-hydrogen) atoms. The molecule has 3 heteroatoms. The van der Waals surface area contributed by atoms with Crippen LogP contribution in [0, 0.1) is 12.8 Å². The maximum Gasteiger partial charge on any atom is 0.131 e. The molecule has 0 radical (unpaired) electrons. The number of rotatable bonds is 3. The molecule has 0 saturated heterocycles. The minimum absolute atomic E-state index is 0.669. The third-order valence-corrected chi connectivity index (χ3v) is 4.78. The summed E-state index contributed by atoms with van der Waals surface area (Å²) in [5.74, 6) is 2.05. The van der Waals surface area contributed by atoms with Crippen molar-refractivity contribution in [3.05, 3.63) is 23.4 Å². The Morgan fingerprint density at radius 1 is 1.33 bits per heavy atom. The molecule has 0 bridgehead atoms. The number of nitrogens with zero attached hydrogens (tertiary/aromatic N) is 2. The van der Waals surface area contributed by atoms with Crippen LogP contribution in [0.2, 0.25) is 0 Å². The lowest BCUT2D eigenvalue weighted by atomic mass is 9.86. The van der Waals surface area contributed by atoms with Crippen molar-refractivity contribution in [3.8, 4) is 0 Å². The minimum atomic E-state index is 0.669. The predicted molar refractivity (Wildman–Crippen MR) is 81.4 cm³/mol. The largest absolute Gasteiger partial charge is 0.356 e. The molecular weight excluding hydrogens is 288 g/mol. The van der Waals surface area contributed by atoms with Gasteiger partial charge in [-0.1, -0.05) is 28.9 Å². The molecule has 2 nitrogen and oxygen atoms in total. The first kappa shape index (κ1) is 13.9. The SMILES string of the molecule is Cc1cc(CBr)cnc1N(C)C1CCC(C)CC1. The van der Waals surface area contributed by atoms with E-state index in [-0.39, 0.29) is 0 Å². The van der Waals surface area contributed by atoms with Gasteiger partial charge in [-0.05, 0) is 49.7 Å². The quantitative estimate of drug-likeness (QED) is 0.774. The van der Waals surface area contributed by atoms with Crippen molar-refractivity contribution >= 4 is 21.7 Å². The van der Waals surface area contributed by atoms with Gasteiger partial charge in [0.15, 0.2) is 0 Å². The van der Waals surface area contributed by atoms with Crippen LogP contribution in [-0.4, -0.2) is 18.1 Å². The van der Waals surface area contributed by atoms with Crippen molar-refractivity contribution in [3.63, 3.8) is 0 Å². The van der Waals surface area contributed by atoms with E-state index in [0.29, 0.717) is 6.04 Å². The number of aromatic nitrogens is 1. The van der Waals surface area contributed by atoms with Crippen molar-refractivity contribution in [1.29, 1.82) is 0 Å². The first-order valence-electron chi connectivity index (χ1n) is 6.86. The molecule has 1 aliphatic rings. The van der Waals surface area contributed by atoms with Gasteiger partial charge in [-0.3, -0.25) is 0 Å². The molecule has 0 amide bonds. The highest BCUT2D eigenvalue weighted by Crippen LogP contribution is 2.30. The summed E-state index contributed by atoms with van der Waals surface area (Å²) >= 11 is 3.48. The Hall–Kier alpha value is -0.570. The molecule has 1 fully saturated rings. The highest BCUT2D eigenvalue weighted by Gasteiger charge is 2.23. The standard InChI is InChI=1S/C15H23BrN2/c1-11-4-6-14(7-5-11)18(3)15-12(2)8-13(9-16)10-17-15/h8,10-11,14H,4-7,9H2,1-3H3. The van der Waals surface area contributed by atoms with Gasteiger partial charge in [-0.25, -0.2) is 4.98 Å². The van der Waals surface area contributed by atoms with E-state index >= 15 is 0 Å². The maximum atomic E-state index is 4.64. The van der Waals surface area contributed by atoms with Crippen LogP contribution in [0.25, 0.3) is 0 Å². The number of pyridine rings is 1. The first-order chi connectivity index (χ1) is 8.61. The van der Waals surface area contributed by atoms with Gasteiger partial charge in [-0.15, -0.1) is 0 Å². The Bertz CT molecular complexity index is 397. The van der Waals surface area contributed by atoms with E-state index in [1.165, 1.54) is 36.8 Å². The molecule has 0 spiro atoms. The average molecular weight is 311 g/mol. The van der Waals surface area contributed by atoms with Crippen LogP contribution in [0.15, 0.2) is 12.3 Å². The van der Waals surface area contributed by atoms with Gasteiger partial charge >= 0.3 is 0 Å². The van der Waals surface area contributed by atoms with Crippen molar-refractivity contribution in [2.75, 3.05) is 11.9 Å². The van der Waals surface area contributed by atoms with E-state index in [4.69, 9.17) is 0 Å². The van der Waals surface area contributed by atoms with Crippen LogP contribution in [0.3, 0.4) is 0 Å². The summed E-state index contributed by atoms with van der Waals surface area (Å²) in [7, 11) is 2.20. The van der Waals surface area contributed by atoms with Crippen molar-refractivity contribution in [1.82, 2.24) is 4.98 Å². The lowest BCUT2D eigenvalue weighted by Gasteiger charge is -2.35. The molecule has 100 valence electrons. The van der Waals surface area contributed by atoms with Gasteiger partial charge in [0.25, 0.3) is 0 Å². The molecule has 0 unspecified atom stereocenters. The number of alkyl halides is 1. The number of anilines is 1. The molecule has 1 aromatic heterocycles. The Morgan fingerprint density at radius 2 is 2.00 bits per heavy atom. The molecule has 1 heterocycles. The second-order valence-electron chi connectivity index (χ2n) is 5.64. The third kappa shape index (κ3) is 3.05. The average Bonchev–Trinajstić information content (AvgIpc) is 2.38. The topological polar surface area (TPSA) is 16.1 Å². The van der Waals surface area contributed by atoms with Gasteiger partial charge in [0.2, 0.25) is 0 Å². The summed E-state index contributed by atoms with van der Waals surface area (Å²) in [6.45, 7) is 4.53. The van der Waals surface area contributed by atoms with E-state index in [1.54, 1.807) is 0 Å². The van der Waals surface area contributed by atoms with E-state index in [9.17, 15) is 0 Å². The third-order valence-electron chi connectivity index (χ3n) is 4.13. The molecule has 0 aliphatic heterocycles. The number of aryl methyl sites for hydroxylation is 1. The summed E-state index contributed by atoms with van der Waals surface area (Å²) in [6, 6.07) is 2.90. The van der Waals surface area contributed by atoms with Crippen LogP contribution in [-0.2, 0) is 5.33 Å². The summed E-state index contributed by atoms with van der Waals surface area (Å²) in [5, 5.41) is 0.881. The summed E-state index contributed by atoms with van der Waals surface area (Å²) in [6.07, 6.45) is 7.30. The van der Waals surface area contributed by atoms with Gasteiger partial charge in [0.1, 0.15) is 5.82 Å². The van der Waals surface area contributed by atoms with Crippen LogP contribution in [0.1, 0.15) is 43.7 Å². The van der Waals surface area contributed by atoms with E-state index in [2.05, 4.69) is 52.8 Å². The number of hydrogen-bond acceptors (Lipinski definition) is 2. The Kier molecular flexibility index (Phi) is 4.66. The number of hydrogen-bond donors (Lipinski definition) is 0. The molecular formula is C15H23BrN2. The fraction of sp³-hybridized carbons (Fsp3) is 0.667. The van der Waals surface area contributed by atoms with Crippen LogP contribution in [0.5, 0.6) is 0 Å². The highest BCUT2D eigenvalue weighted by atomic mass is 79.9. The summed E-state index contributed by atoms with van der Waals surface area (Å²) < 4.78 is 0. The Balaban J connectivity index is 2.11. The fourth-order valence-electron chi connectivity index (χ4n) is 2.87. The highest BCUT2D eigenvalue weighted by molar-refractivity contribution is 9.08. The minimum Gasteiger partial charge on any atom is -0.356 e. The van der Waals surface area contributed by atoms with Gasteiger partial charge in [0.05, 0.1) is 0 Å². The van der Waals surface area contributed by atoms with Gasteiger partial charge < -0.3 is 4.90 Å². The molecule has 2 rings (SSSR count). The molecule has 1 aromatic rings. The smallest absolute Gasteiger partial charge is 0.131 e. The van der Waals surface area contributed by atoms with E-state index < -0.39 is 0 Å². The lowest BCUT2D eigenvalue weighted by molar-refractivity contribution is 0.340. The first-order valence-corrected chi connectivity index (χ1v) is 7.98. The molecule has 0 N–H and O–H groups in total. The molecule has 1 saturated carbocycles. The maximum absolute atomic E-state index is 4.64. The Morgan fingerprint density at radius 3 is 2.56 bits per heavy atom. The summed E-state index contributed by atoms with van der Waals surface area (Å²) in [4.78, 5) is 7.03. The zero-order valence-electron chi connectivity index (χ0n) is 11.6. The normalized spacial score (nSPS) is 24.0. The van der Waals surface area contributed by atoms with Gasteiger partial charge in [-0.2, -0.15) is 0 Å². The molecule has 0 atom stereocenters. The second kappa shape index (κ2) is 6.05. The second-order valence-corrected chi connectivity index (χ2v) is 6.20. The van der Waals surface area contributed by atoms with Crippen molar-refractivity contribution < 1.29 is 0 Å². The number of halogens is 1. The molecule has 1 aliphatic carbocycles. The lowest BCUT2D eigenvalue weighted by Crippen LogP contribution is -2.35. The monoisotopic (exact) mass is 310 g/mol. The van der Waals surface area contributed by atoms with Crippen molar-refractivity contribution in [2.45, 2.75) is 50.9 Å². The zero-order valence-corrected chi connectivity index (χ0v) is 13.2. The van der Waals surface area contributed by atoms with Crippen LogP contribution in [0.4, 0.5) is 5.82 Å². The zero-order chi connectivity index (χ0) is 13.1. The fourth-order valence-corrected chi connectivity index (χ4v) is 3.18. The van der Waals surface area contributed by atoms with Crippen molar-refractivity contribution in [2.24, 2.45) is 5.92 Å². The van der Waals surface area contributed by atoms with Crippen LogP contribution >= 0.6 is 15.9 Å². The van der Waals surface area contributed by atoms with Gasteiger partial charge in [0, 0.05) is 24.6 Å². The Labute approximate surface area is 119 Å². The van der Waals surface area contributed by atoms with Crippen LogP contribution < -0.4 is 4.90 Å². The van der Waals surface area contributed by atoms with E-state index in [1.807, 2.05) is 6.20 Å². The predicted octanol–water partition coefficient (Wildman–Crippen LogP) is 4.30. The molecule has 0 aromatic carbocycles. The summed E-state index contributed by atoms with van der Waals surface area (Å²) in [5.41, 5.74) is 2.54. The van der Waals surface area contributed by atoms with E-state index in [0.717, 1.165) is 17.1 Å².